The molecule has 0 atom stereocenters. The van der Waals surface area contributed by atoms with Gasteiger partial charge in [-0.15, -0.1) is 0 Å². The summed E-state index contributed by atoms with van der Waals surface area (Å²) < 4.78 is 343. The van der Waals surface area contributed by atoms with Gasteiger partial charge >= 0.3 is 49.4 Å². The zero-order valence-corrected chi connectivity index (χ0v) is 38.8. The highest BCUT2D eigenvalue weighted by Gasteiger charge is 2.47. The number of nitriles is 1. The molecule has 6 aromatic carbocycles. The Hall–Kier alpha value is -7.73. The molecule has 79 heavy (non-hydrogen) atoms. The first-order chi connectivity index (χ1) is 36.1. The average Bonchev–Trinajstić information content (AvgIpc) is 3.54. The van der Waals surface area contributed by atoms with Crippen molar-refractivity contribution in [3.63, 3.8) is 0 Å². The van der Waals surface area contributed by atoms with Crippen LogP contribution in [0.5, 0.6) is 0 Å². The Morgan fingerprint density at radius 2 is 0.671 bits per heavy atom. The predicted molar refractivity (Wildman–Crippen MR) is 234 cm³/mol. The Kier molecular flexibility index (Phi) is 16.5. The van der Waals surface area contributed by atoms with Crippen molar-refractivity contribution in [2.75, 3.05) is 0 Å². The lowest BCUT2D eigenvalue weighted by Gasteiger charge is -2.46. The molecule has 7 rings (SSSR count). The molecule has 0 aliphatic heterocycles. The van der Waals surface area contributed by atoms with Crippen LogP contribution in [0.4, 0.5) is 105 Å². The van der Waals surface area contributed by atoms with E-state index in [1.165, 1.54) is 5.56 Å². The molecule has 0 saturated heterocycles. The molecule has 0 aliphatic rings. The summed E-state index contributed by atoms with van der Waals surface area (Å²) in [6.07, 6.45) is -48.1. The summed E-state index contributed by atoms with van der Waals surface area (Å²) in [5.41, 5.74) is -26.1. The van der Waals surface area contributed by atoms with Crippen molar-refractivity contribution >= 4 is 28.0 Å². The summed E-state index contributed by atoms with van der Waals surface area (Å²) in [7, 11) is 0. The van der Waals surface area contributed by atoms with Crippen LogP contribution < -0.4 is 26.4 Å². The highest BCUT2D eigenvalue weighted by Crippen LogP contribution is 2.41. The van der Waals surface area contributed by atoms with Gasteiger partial charge in [-0.05, 0) is 42.0 Å². The fourth-order valence-electron chi connectivity index (χ4n) is 8.44. The largest absolute Gasteiger partial charge is 0.416 e. The molecule has 0 unspecified atom stereocenters. The maximum absolute atomic E-state index is 14.2. The second-order valence-electron chi connectivity index (χ2n) is 17.4. The van der Waals surface area contributed by atoms with Gasteiger partial charge < -0.3 is 0 Å². The zero-order chi connectivity index (χ0) is 59.1. The van der Waals surface area contributed by atoms with Gasteiger partial charge in [-0.2, -0.15) is 137 Å². The van der Waals surface area contributed by atoms with E-state index in [1.807, 2.05) is 42.7 Å². The SMILES string of the molecule is FC(F)(F)c1cc([B-](c2cc(C(F)(F)F)cc(C(F)(F)F)c2)(c2cc(C(F)(F)F)cc(C(F)(F)F)c2)c2cc(C(F)(F)F)cc(C(F)(F)F)c2)cc(C(F)(F)F)c1.N#Cc1ccc(Cc2c[n+](Cc3ccccc3)ccn2)cc1. The number of rotatable bonds is 8. The van der Waals surface area contributed by atoms with E-state index in [1.54, 1.807) is 0 Å². The number of halogens is 24. The second-order valence-corrected chi connectivity index (χ2v) is 17.4. The van der Waals surface area contributed by atoms with Crippen LogP contribution in [0.2, 0.25) is 0 Å². The fraction of sp³-hybridized carbons (Fsp3) is 0.196. The summed E-state index contributed by atoms with van der Waals surface area (Å²) in [4.78, 5) is 4.43. The molecule has 28 heteroatoms. The molecule has 0 N–H and O–H groups in total. The molecule has 1 aromatic heterocycles. The molecule has 0 saturated carbocycles. The molecule has 0 fully saturated rings. The Labute approximate surface area is 428 Å². The number of benzene rings is 6. The van der Waals surface area contributed by atoms with E-state index in [0.29, 0.717) is 5.56 Å². The molecule has 418 valence electrons. The normalized spacial score (nSPS) is 13.2. The second kappa shape index (κ2) is 21.5. The van der Waals surface area contributed by atoms with Gasteiger partial charge in [0.2, 0.25) is 0 Å². The van der Waals surface area contributed by atoms with Crippen LogP contribution in [0, 0.1) is 11.3 Å². The van der Waals surface area contributed by atoms with Gasteiger partial charge in [0.25, 0.3) is 0 Å². The highest BCUT2D eigenvalue weighted by atomic mass is 19.4. The first kappa shape index (κ1) is 60.5. The molecule has 3 nitrogen and oxygen atoms in total. The summed E-state index contributed by atoms with van der Waals surface area (Å²) >= 11 is 0. The van der Waals surface area contributed by atoms with Crippen LogP contribution in [0.15, 0.2) is 146 Å². The number of hydrogen-bond acceptors (Lipinski definition) is 2. The standard InChI is InChI=1S/C32H12BF24.C19H16N3/c34-25(35,36)13-1-14(26(37,38)39)6-21(5-13)33(22-7-15(27(40,41)42)2-16(8-22)28(43,44)45,23-9-17(29(46,47)48)3-18(10-23)30(49,50)51)24-11-19(31(52,53)54)4-20(12-24)32(55,56)57;20-13-17-8-6-16(7-9-17)12-19-15-22(11-10-21-19)14-18-4-2-1-3-5-18/h1-12H;1-11,15H,12,14H2/q-1;+1. The van der Waals surface area contributed by atoms with Gasteiger partial charge in [-0.25, -0.2) is 4.98 Å². The number of nitrogens with zero attached hydrogens (tertiary/aromatic N) is 3. The van der Waals surface area contributed by atoms with Crippen LogP contribution in [-0.2, 0) is 62.4 Å². The maximum Gasteiger partial charge on any atom is 0.416 e. The Morgan fingerprint density at radius 1 is 0.380 bits per heavy atom. The first-order valence-corrected chi connectivity index (χ1v) is 21.8. The topological polar surface area (TPSA) is 40.6 Å². The van der Waals surface area contributed by atoms with Gasteiger partial charge in [0.05, 0.1) is 62.3 Å². The van der Waals surface area contributed by atoms with Crippen molar-refractivity contribution < 1.29 is 110 Å². The maximum atomic E-state index is 14.2. The Bertz CT molecular complexity index is 2900. The summed E-state index contributed by atoms with van der Waals surface area (Å²) in [6, 6.07) is 11.3. The summed E-state index contributed by atoms with van der Waals surface area (Å²) in [5, 5.41) is 8.83. The van der Waals surface area contributed by atoms with E-state index >= 15 is 0 Å². The van der Waals surface area contributed by atoms with Crippen molar-refractivity contribution in [3.05, 3.63) is 213 Å². The van der Waals surface area contributed by atoms with E-state index in [9.17, 15) is 105 Å². The van der Waals surface area contributed by atoms with Gasteiger partial charge in [0, 0.05) is 12.0 Å². The lowest BCUT2D eigenvalue weighted by molar-refractivity contribution is -0.689. The van der Waals surface area contributed by atoms with Crippen molar-refractivity contribution in [2.45, 2.75) is 62.4 Å². The quantitative estimate of drug-likeness (QED) is 0.0864. The van der Waals surface area contributed by atoms with E-state index in [0.717, 1.165) is 24.2 Å². The molecule has 0 amide bonds. The Morgan fingerprint density at radius 3 is 0.937 bits per heavy atom. The molecule has 1 heterocycles. The van der Waals surface area contributed by atoms with Crippen molar-refractivity contribution in [3.8, 4) is 6.07 Å². The van der Waals surface area contributed by atoms with E-state index in [4.69, 9.17) is 5.26 Å². The summed E-state index contributed by atoms with van der Waals surface area (Å²) in [5.74, 6) is 0. The minimum atomic E-state index is -6.13. The Balaban J connectivity index is 0.000000378. The number of alkyl halides is 24. The first-order valence-electron chi connectivity index (χ1n) is 21.8. The van der Waals surface area contributed by atoms with Crippen LogP contribution in [0.3, 0.4) is 0 Å². The smallest absolute Gasteiger partial charge is 0.248 e. The van der Waals surface area contributed by atoms with Gasteiger partial charge in [-0.3, -0.25) is 0 Å². The van der Waals surface area contributed by atoms with Gasteiger partial charge in [0.15, 0.2) is 18.9 Å². The molecular formula is C51H28BF24N3. The third-order valence-electron chi connectivity index (χ3n) is 11.9. The number of aromatic nitrogens is 2. The lowest BCUT2D eigenvalue weighted by Crippen LogP contribution is -2.75. The lowest BCUT2D eigenvalue weighted by atomic mass is 9.12. The van der Waals surface area contributed by atoms with Crippen molar-refractivity contribution in [1.29, 1.82) is 5.26 Å². The van der Waals surface area contributed by atoms with Crippen molar-refractivity contribution in [1.82, 2.24) is 4.98 Å². The molecule has 0 spiro atoms. The van der Waals surface area contributed by atoms with Gasteiger partial charge in [-0.1, -0.05) is 91.0 Å². The monoisotopic (exact) mass is 1150 g/mol. The average molecular weight is 1150 g/mol. The van der Waals surface area contributed by atoms with Crippen molar-refractivity contribution in [2.24, 2.45) is 0 Å². The van der Waals surface area contributed by atoms with Crippen LogP contribution in [0.25, 0.3) is 0 Å². The highest BCUT2D eigenvalue weighted by molar-refractivity contribution is 7.20. The van der Waals surface area contributed by atoms with E-state index < -0.39 is 195 Å². The zero-order valence-electron chi connectivity index (χ0n) is 38.8. The van der Waals surface area contributed by atoms with Crippen LogP contribution >= 0.6 is 0 Å². The number of hydrogen-bond donors (Lipinski definition) is 0. The third kappa shape index (κ3) is 14.5. The fourth-order valence-corrected chi connectivity index (χ4v) is 8.44. The minimum absolute atomic E-state index is 0.684. The molecule has 7 aromatic rings. The van der Waals surface area contributed by atoms with E-state index in [2.05, 4.69) is 46.1 Å². The molecular weight excluding hydrogens is 1120 g/mol. The molecule has 0 aliphatic carbocycles. The minimum Gasteiger partial charge on any atom is -0.248 e. The van der Waals surface area contributed by atoms with Crippen LogP contribution in [-0.4, -0.2) is 11.1 Å². The predicted octanol–water partition coefficient (Wildman–Crippen LogP) is 14.1. The third-order valence-corrected chi connectivity index (χ3v) is 11.9. The molecule has 0 radical (unpaired) electrons. The summed E-state index contributed by atoms with van der Waals surface area (Å²) in [6.45, 7) is 0.837. The van der Waals surface area contributed by atoms with Gasteiger partial charge in [0.1, 0.15) is 11.8 Å². The van der Waals surface area contributed by atoms with E-state index in [-0.39, 0.29) is 0 Å². The van der Waals surface area contributed by atoms with Crippen LogP contribution in [0.1, 0.15) is 66.9 Å². The molecule has 0 bridgehead atoms.